The van der Waals surface area contributed by atoms with Crippen LogP contribution in [0.3, 0.4) is 0 Å². The lowest BCUT2D eigenvalue weighted by Gasteiger charge is -2.38. The standard InChI is InChI=1S/C16H25N3O/c1-13-10-15(18-16(20)11-17-2)8-9-19(13)12-14-6-4-3-5-7-14/h3-7,13,15,17H,8-12H2,1-2H3,(H,18,20)/t13-,15-/m1/s1. The first-order valence-corrected chi connectivity index (χ1v) is 7.41. The maximum absolute atomic E-state index is 11.6. The maximum Gasteiger partial charge on any atom is 0.234 e. The molecular formula is C16H25N3O. The fraction of sp³-hybridized carbons (Fsp3) is 0.562. The SMILES string of the molecule is CNCC(=O)N[C@@H]1CCN(Cc2ccccc2)[C@H](C)C1. The van der Waals surface area contributed by atoms with E-state index in [4.69, 9.17) is 0 Å². The Morgan fingerprint density at radius 1 is 1.35 bits per heavy atom. The second-order valence-corrected chi connectivity index (χ2v) is 5.62. The van der Waals surface area contributed by atoms with Crippen molar-refractivity contribution in [1.82, 2.24) is 15.5 Å². The molecule has 1 aromatic carbocycles. The van der Waals surface area contributed by atoms with Crippen LogP contribution in [-0.2, 0) is 11.3 Å². The number of hydrogen-bond donors (Lipinski definition) is 2. The van der Waals surface area contributed by atoms with E-state index < -0.39 is 0 Å². The minimum absolute atomic E-state index is 0.0983. The Bertz CT molecular complexity index is 421. The number of hydrogen-bond acceptors (Lipinski definition) is 3. The van der Waals surface area contributed by atoms with E-state index in [2.05, 4.69) is 52.8 Å². The van der Waals surface area contributed by atoms with Gasteiger partial charge in [0.15, 0.2) is 0 Å². The number of nitrogens with zero attached hydrogens (tertiary/aromatic N) is 1. The Kier molecular flexibility index (Phi) is 5.56. The average Bonchev–Trinajstić information content (AvgIpc) is 2.43. The number of amides is 1. The zero-order chi connectivity index (χ0) is 14.4. The Morgan fingerprint density at radius 3 is 2.75 bits per heavy atom. The van der Waals surface area contributed by atoms with Crippen LogP contribution in [-0.4, -0.2) is 43.0 Å². The number of piperidine rings is 1. The highest BCUT2D eigenvalue weighted by molar-refractivity contribution is 5.78. The zero-order valence-corrected chi connectivity index (χ0v) is 12.4. The fourth-order valence-corrected chi connectivity index (χ4v) is 2.84. The zero-order valence-electron chi connectivity index (χ0n) is 12.4. The Balaban J connectivity index is 1.82. The summed E-state index contributed by atoms with van der Waals surface area (Å²) in [5.74, 6) is 0.0983. The van der Waals surface area contributed by atoms with E-state index in [1.807, 2.05) is 0 Å². The normalized spacial score (nSPS) is 23.5. The van der Waals surface area contributed by atoms with Crippen LogP contribution in [0.1, 0.15) is 25.3 Å². The number of likely N-dealkylation sites (N-methyl/N-ethyl adjacent to an activating group) is 1. The van der Waals surface area contributed by atoms with Crippen molar-refractivity contribution in [3.63, 3.8) is 0 Å². The summed E-state index contributed by atoms with van der Waals surface area (Å²) in [6, 6.07) is 11.4. The van der Waals surface area contributed by atoms with Crippen molar-refractivity contribution >= 4 is 5.91 Å². The van der Waals surface area contributed by atoms with Gasteiger partial charge < -0.3 is 10.6 Å². The predicted molar refractivity (Wildman–Crippen MR) is 81.4 cm³/mol. The van der Waals surface area contributed by atoms with Gasteiger partial charge in [-0.2, -0.15) is 0 Å². The van der Waals surface area contributed by atoms with Crippen molar-refractivity contribution in [2.75, 3.05) is 20.1 Å². The van der Waals surface area contributed by atoms with Crippen LogP contribution >= 0.6 is 0 Å². The molecule has 4 nitrogen and oxygen atoms in total. The van der Waals surface area contributed by atoms with E-state index in [1.165, 1.54) is 5.56 Å². The van der Waals surface area contributed by atoms with Gasteiger partial charge >= 0.3 is 0 Å². The highest BCUT2D eigenvalue weighted by Crippen LogP contribution is 2.19. The first kappa shape index (κ1) is 15.0. The van der Waals surface area contributed by atoms with Gasteiger partial charge in [0.25, 0.3) is 0 Å². The highest BCUT2D eigenvalue weighted by Gasteiger charge is 2.26. The van der Waals surface area contributed by atoms with Gasteiger partial charge in [-0.05, 0) is 32.4 Å². The van der Waals surface area contributed by atoms with Gasteiger partial charge in [0.1, 0.15) is 0 Å². The van der Waals surface area contributed by atoms with Gasteiger partial charge in [-0.15, -0.1) is 0 Å². The molecule has 0 radical (unpaired) electrons. The predicted octanol–water partition coefficient (Wildman–Crippen LogP) is 1.38. The smallest absolute Gasteiger partial charge is 0.234 e. The number of rotatable bonds is 5. The van der Waals surface area contributed by atoms with Crippen molar-refractivity contribution in [3.8, 4) is 0 Å². The van der Waals surface area contributed by atoms with Crippen LogP contribution in [0, 0.1) is 0 Å². The number of carbonyl (C=O) groups is 1. The molecule has 0 spiro atoms. The molecule has 1 fully saturated rings. The van der Waals surface area contributed by atoms with Gasteiger partial charge in [0, 0.05) is 25.2 Å². The summed E-state index contributed by atoms with van der Waals surface area (Å²) >= 11 is 0. The summed E-state index contributed by atoms with van der Waals surface area (Å²) < 4.78 is 0. The lowest BCUT2D eigenvalue weighted by atomic mass is 9.97. The summed E-state index contributed by atoms with van der Waals surface area (Å²) in [6.07, 6.45) is 2.06. The summed E-state index contributed by atoms with van der Waals surface area (Å²) in [5.41, 5.74) is 1.36. The molecule has 0 saturated carbocycles. The largest absolute Gasteiger partial charge is 0.352 e. The van der Waals surface area contributed by atoms with E-state index >= 15 is 0 Å². The number of benzene rings is 1. The molecular weight excluding hydrogens is 250 g/mol. The minimum atomic E-state index is 0.0983. The van der Waals surface area contributed by atoms with Crippen molar-refractivity contribution in [2.45, 2.75) is 38.4 Å². The summed E-state index contributed by atoms with van der Waals surface area (Å²) in [4.78, 5) is 14.1. The Morgan fingerprint density at radius 2 is 2.10 bits per heavy atom. The molecule has 2 rings (SSSR count). The van der Waals surface area contributed by atoms with Gasteiger partial charge in [-0.25, -0.2) is 0 Å². The van der Waals surface area contributed by atoms with Gasteiger partial charge in [0.05, 0.1) is 6.54 Å². The molecule has 1 heterocycles. The molecule has 0 bridgehead atoms. The van der Waals surface area contributed by atoms with Crippen molar-refractivity contribution in [2.24, 2.45) is 0 Å². The second kappa shape index (κ2) is 7.41. The van der Waals surface area contributed by atoms with Gasteiger partial charge in [0.2, 0.25) is 5.91 Å². The van der Waals surface area contributed by atoms with E-state index in [-0.39, 0.29) is 5.91 Å². The van der Waals surface area contributed by atoms with E-state index in [0.717, 1.165) is 25.9 Å². The average molecular weight is 275 g/mol. The quantitative estimate of drug-likeness (QED) is 0.853. The third-order valence-electron chi connectivity index (χ3n) is 3.94. The molecule has 0 unspecified atom stereocenters. The minimum Gasteiger partial charge on any atom is -0.352 e. The lowest BCUT2D eigenvalue weighted by Crippen LogP contribution is -2.49. The Labute approximate surface area is 121 Å². The molecule has 20 heavy (non-hydrogen) atoms. The molecule has 0 aliphatic carbocycles. The van der Waals surface area contributed by atoms with Crippen LogP contribution < -0.4 is 10.6 Å². The monoisotopic (exact) mass is 275 g/mol. The molecule has 2 atom stereocenters. The maximum atomic E-state index is 11.6. The molecule has 110 valence electrons. The Hall–Kier alpha value is -1.39. The molecule has 4 heteroatoms. The van der Waals surface area contributed by atoms with Crippen molar-refractivity contribution in [3.05, 3.63) is 35.9 Å². The number of nitrogens with one attached hydrogen (secondary N) is 2. The summed E-state index contributed by atoms with van der Waals surface area (Å²) in [6.45, 7) is 4.69. The topological polar surface area (TPSA) is 44.4 Å². The number of likely N-dealkylation sites (tertiary alicyclic amines) is 1. The molecule has 0 aromatic heterocycles. The third-order valence-corrected chi connectivity index (χ3v) is 3.94. The van der Waals surface area contributed by atoms with Crippen LogP contribution in [0.5, 0.6) is 0 Å². The highest BCUT2D eigenvalue weighted by atomic mass is 16.1. The van der Waals surface area contributed by atoms with Crippen molar-refractivity contribution in [1.29, 1.82) is 0 Å². The fourth-order valence-electron chi connectivity index (χ4n) is 2.84. The van der Waals surface area contributed by atoms with Crippen LogP contribution in [0.4, 0.5) is 0 Å². The van der Waals surface area contributed by atoms with Crippen LogP contribution in [0.25, 0.3) is 0 Å². The van der Waals surface area contributed by atoms with Gasteiger partial charge in [-0.3, -0.25) is 9.69 Å². The molecule has 2 N–H and O–H groups in total. The van der Waals surface area contributed by atoms with E-state index in [0.29, 0.717) is 18.6 Å². The lowest BCUT2D eigenvalue weighted by molar-refractivity contribution is -0.121. The second-order valence-electron chi connectivity index (χ2n) is 5.62. The molecule has 1 aliphatic rings. The molecule has 1 aliphatic heterocycles. The third kappa shape index (κ3) is 4.32. The first-order valence-electron chi connectivity index (χ1n) is 7.41. The molecule has 1 amide bonds. The van der Waals surface area contributed by atoms with Crippen LogP contribution in [0.2, 0.25) is 0 Å². The number of carbonyl (C=O) groups excluding carboxylic acids is 1. The van der Waals surface area contributed by atoms with E-state index in [9.17, 15) is 4.79 Å². The first-order chi connectivity index (χ1) is 9.69. The van der Waals surface area contributed by atoms with E-state index in [1.54, 1.807) is 7.05 Å². The van der Waals surface area contributed by atoms with Gasteiger partial charge in [-0.1, -0.05) is 30.3 Å². The molecule has 1 saturated heterocycles. The molecule has 1 aromatic rings. The van der Waals surface area contributed by atoms with Crippen molar-refractivity contribution < 1.29 is 4.79 Å². The van der Waals surface area contributed by atoms with Crippen LogP contribution in [0.15, 0.2) is 30.3 Å². The summed E-state index contributed by atoms with van der Waals surface area (Å²) in [7, 11) is 1.80. The summed E-state index contributed by atoms with van der Waals surface area (Å²) in [5, 5.41) is 5.99.